The van der Waals surface area contributed by atoms with Gasteiger partial charge in [0.05, 0.1) is 0 Å². The molecule has 0 bridgehead atoms. The van der Waals surface area contributed by atoms with Gasteiger partial charge < -0.3 is 10.3 Å². The lowest BCUT2D eigenvalue weighted by Gasteiger charge is -2.19. The fourth-order valence-corrected chi connectivity index (χ4v) is 2.37. The third kappa shape index (κ3) is 3.30. The van der Waals surface area contributed by atoms with Crippen molar-refractivity contribution >= 4 is 0 Å². The highest BCUT2D eigenvalue weighted by Crippen LogP contribution is 2.26. The van der Waals surface area contributed by atoms with Crippen LogP contribution in [0.4, 0.5) is 0 Å². The van der Waals surface area contributed by atoms with E-state index in [4.69, 9.17) is 10.3 Å². The lowest BCUT2D eigenvalue weighted by Crippen LogP contribution is -2.09. The molecule has 1 aliphatic rings. The molecular weight excluding hydrogens is 202 g/mol. The van der Waals surface area contributed by atoms with Gasteiger partial charge >= 0.3 is 0 Å². The van der Waals surface area contributed by atoms with Gasteiger partial charge in [-0.1, -0.05) is 24.4 Å². The minimum atomic E-state index is 0.687. The highest BCUT2D eigenvalue weighted by Gasteiger charge is 2.17. The third-order valence-corrected chi connectivity index (χ3v) is 3.30. The molecule has 0 spiro atoms. The van der Waals surface area contributed by atoms with Crippen LogP contribution in [0.1, 0.15) is 50.2 Å². The number of hydrogen-bond acceptors (Lipinski definition) is 4. The van der Waals surface area contributed by atoms with E-state index in [1.54, 1.807) is 0 Å². The van der Waals surface area contributed by atoms with Crippen LogP contribution in [-0.2, 0) is 12.8 Å². The van der Waals surface area contributed by atoms with Gasteiger partial charge in [-0.25, -0.2) is 0 Å². The minimum absolute atomic E-state index is 0.687. The summed E-state index contributed by atoms with van der Waals surface area (Å²) in [6.45, 7) is 0.687. The first-order chi connectivity index (χ1) is 7.88. The Bertz CT molecular complexity index is 305. The zero-order chi connectivity index (χ0) is 11.2. The van der Waals surface area contributed by atoms with Crippen molar-refractivity contribution in [3.63, 3.8) is 0 Å². The first kappa shape index (κ1) is 11.6. The Kier molecular flexibility index (Phi) is 4.34. The molecule has 1 heterocycles. The van der Waals surface area contributed by atoms with E-state index in [0.29, 0.717) is 6.54 Å². The van der Waals surface area contributed by atoms with Crippen molar-refractivity contribution in [3.05, 3.63) is 11.7 Å². The second kappa shape index (κ2) is 5.99. The fraction of sp³-hybridized carbons (Fsp3) is 0.833. The second-order valence-corrected chi connectivity index (χ2v) is 4.70. The van der Waals surface area contributed by atoms with Crippen molar-refractivity contribution in [1.82, 2.24) is 10.1 Å². The molecule has 0 atom stereocenters. The number of rotatable bonds is 5. The summed E-state index contributed by atoms with van der Waals surface area (Å²) in [6, 6.07) is 0. The fourth-order valence-electron chi connectivity index (χ4n) is 2.37. The number of aryl methyl sites for hydroxylation is 1. The molecule has 0 aliphatic heterocycles. The summed E-state index contributed by atoms with van der Waals surface area (Å²) in [4.78, 5) is 4.41. The Morgan fingerprint density at radius 1 is 1.25 bits per heavy atom. The van der Waals surface area contributed by atoms with E-state index in [1.807, 2.05) is 0 Å². The monoisotopic (exact) mass is 223 g/mol. The summed E-state index contributed by atoms with van der Waals surface area (Å²) in [5, 5.41) is 3.98. The van der Waals surface area contributed by atoms with Crippen LogP contribution >= 0.6 is 0 Å². The van der Waals surface area contributed by atoms with Crippen molar-refractivity contribution in [3.8, 4) is 0 Å². The number of nitrogens with zero attached hydrogens (tertiary/aromatic N) is 2. The molecule has 90 valence electrons. The minimum Gasteiger partial charge on any atom is -0.339 e. The second-order valence-electron chi connectivity index (χ2n) is 4.70. The van der Waals surface area contributed by atoms with Gasteiger partial charge in [-0.15, -0.1) is 0 Å². The van der Waals surface area contributed by atoms with Crippen LogP contribution in [0, 0.1) is 5.92 Å². The normalized spacial score (nSPS) is 17.8. The maximum absolute atomic E-state index is 5.45. The summed E-state index contributed by atoms with van der Waals surface area (Å²) in [5.41, 5.74) is 5.45. The van der Waals surface area contributed by atoms with Crippen molar-refractivity contribution in [2.24, 2.45) is 11.7 Å². The molecule has 0 amide bonds. The van der Waals surface area contributed by atoms with Gasteiger partial charge in [0.25, 0.3) is 0 Å². The van der Waals surface area contributed by atoms with Gasteiger partial charge in [-0.05, 0) is 31.7 Å². The van der Waals surface area contributed by atoms with Crippen molar-refractivity contribution in [1.29, 1.82) is 0 Å². The molecule has 16 heavy (non-hydrogen) atoms. The average molecular weight is 223 g/mol. The summed E-state index contributed by atoms with van der Waals surface area (Å²) in [6.07, 6.45) is 9.49. The van der Waals surface area contributed by atoms with Gasteiger partial charge in [-0.2, -0.15) is 4.98 Å². The molecule has 1 fully saturated rings. The molecule has 4 heteroatoms. The molecule has 0 unspecified atom stereocenters. The average Bonchev–Trinajstić information content (AvgIpc) is 2.75. The summed E-state index contributed by atoms with van der Waals surface area (Å²) in [7, 11) is 0. The van der Waals surface area contributed by atoms with E-state index in [-0.39, 0.29) is 0 Å². The number of hydrogen-bond donors (Lipinski definition) is 1. The predicted octanol–water partition coefficient (Wildman–Crippen LogP) is 2.08. The summed E-state index contributed by atoms with van der Waals surface area (Å²) in [5.74, 6) is 2.40. The Balaban J connectivity index is 1.81. The molecule has 1 aromatic heterocycles. The van der Waals surface area contributed by atoms with E-state index in [2.05, 4.69) is 10.1 Å². The summed E-state index contributed by atoms with van der Waals surface area (Å²) >= 11 is 0. The smallest absolute Gasteiger partial charge is 0.226 e. The molecule has 1 aromatic rings. The quantitative estimate of drug-likeness (QED) is 0.830. The molecule has 4 nitrogen and oxygen atoms in total. The van der Waals surface area contributed by atoms with E-state index in [9.17, 15) is 0 Å². The molecule has 1 aliphatic carbocycles. The van der Waals surface area contributed by atoms with Crippen LogP contribution in [-0.4, -0.2) is 16.7 Å². The lowest BCUT2D eigenvalue weighted by atomic mass is 9.87. The van der Waals surface area contributed by atoms with Crippen LogP contribution in [0.3, 0.4) is 0 Å². The van der Waals surface area contributed by atoms with Gasteiger partial charge in [0.2, 0.25) is 5.89 Å². The molecule has 0 aromatic carbocycles. The Morgan fingerprint density at radius 2 is 2.06 bits per heavy atom. The molecule has 0 radical (unpaired) electrons. The predicted molar refractivity (Wildman–Crippen MR) is 62.0 cm³/mol. The zero-order valence-corrected chi connectivity index (χ0v) is 9.82. The first-order valence-corrected chi connectivity index (χ1v) is 6.40. The van der Waals surface area contributed by atoms with Crippen LogP contribution in [0.25, 0.3) is 0 Å². The SMILES string of the molecule is NCCCc1noc(CC2CCCCC2)n1. The maximum atomic E-state index is 5.45. The Hall–Kier alpha value is -0.900. The van der Waals surface area contributed by atoms with Crippen LogP contribution in [0.15, 0.2) is 4.52 Å². The highest BCUT2D eigenvalue weighted by molar-refractivity contribution is 4.88. The van der Waals surface area contributed by atoms with E-state index < -0.39 is 0 Å². The van der Waals surface area contributed by atoms with Crippen LogP contribution < -0.4 is 5.73 Å². The Labute approximate surface area is 96.6 Å². The Morgan fingerprint density at radius 3 is 2.81 bits per heavy atom. The van der Waals surface area contributed by atoms with Gasteiger partial charge in [-0.3, -0.25) is 0 Å². The third-order valence-electron chi connectivity index (χ3n) is 3.30. The van der Waals surface area contributed by atoms with E-state index in [0.717, 1.165) is 36.9 Å². The van der Waals surface area contributed by atoms with Gasteiger partial charge in [0.15, 0.2) is 5.82 Å². The van der Waals surface area contributed by atoms with Crippen LogP contribution in [0.2, 0.25) is 0 Å². The standard InChI is InChI=1S/C12H21N3O/c13-8-4-7-11-14-12(16-15-11)9-10-5-2-1-3-6-10/h10H,1-9,13H2. The number of aromatic nitrogens is 2. The topological polar surface area (TPSA) is 64.9 Å². The summed E-state index contributed by atoms with van der Waals surface area (Å²) < 4.78 is 5.26. The number of nitrogens with two attached hydrogens (primary N) is 1. The van der Waals surface area contributed by atoms with Gasteiger partial charge in [0.1, 0.15) is 0 Å². The van der Waals surface area contributed by atoms with Crippen LogP contribution in [0.5, 0.6) is 0 Å². The first-order valence-electron chi connectivity index (χ1n) is 6.40. The molecule has 2 rings (SSSR count). The van der Waals surface area contributed by atoms with Crippen molar-refractivity contribution in [2.75, 3.05) is 6.54 Å². The largest absolute Gasteiger partial charge is 0.339 e. The van der Waals surface area contributed by atoms with Gasteiger partial charge in [0, 0.05) is 12.8 Å². The maximum Gasteiger partial charge on any atom is 0.226 e. The zero-order valence-electron chi connectivity index (χ0n) is 9.82. The molecular formula is C12H21N3O. The molecule has 2 N–H and O–H groups in total. The highest BCUT2D eigenvalue weighted by atomic mass is 16.5. The van der Waals surface area contributed by atoms with Crippen molar-refractivity contribution < 1.29 is 4.52 Å². The van der Waals surface area contributed by atoms with Crippen molar-refractivity contribution in [2.45, 2.75) is 51.4 Å². The lowest BCUT2D eigenvalue weighted by molar-refractivity contribution is 0.303. The molecule has 0 saturated heterocycles. The van der Waals surface area contributed by atoms with E-state index >= 15 is 0 Å². The molecule has 1 saturated carbocycles. The van der Waals surface area contributed by atoms with E-state index in [1.165, 1.54) is 32.1 Å².